The molecule has 0 aliphatic heterocycles. The van der Waals surface area contributed by atoms with E-state index in [1.54, 1.807) is 79.7 Å². The molecule has 2 N–H and O–H groups in total. The predicted octanol–water partition coefficient (Wildman–Crippen LogP) is 4.53. The molecule has 1 heterocycles. The first kappa shape index (κ1) is 24.0. The summed E-state index contributed by atoms with van der Waals surface area (Å²) in [7, 11) is -2.16. The van der Waals surface area contributed by atoms with Gasteiger partial charge >= 0.3 is 0 Å². The first-order valence-electron chi connectivity index (χ1n) is 10.9. The van der Waals surface area contributed by atoms with Crippen LogP contribution in [0.2, 0.25) is 0 Å². The van der Waals surface area contributed by atoms with E-state index in [2.05, 4.69) is 15.0 Å². The molecule has 8 nitrogen and oxygen atoms in total. The number of ether oxygens (including phenoxy) is 1. The van der Waals surface area contributed by atoms with E-state index in [0.717, 1.165) is 0 Å². The second kappa shape index (κ2) is 10.4. The molecule has 4 aromatic rings. The zero-order valence-corrected chi connectivity index (χ0v) is 20.1. The Morgan fingerprint density at radius 2 is 1.66 bits per heavy atom. The number of hydrogen-bond acceptors (Lipinski definition) is 6. The molecule has 0 spiro atoms. The molecule has 0 atom stereocenters. The van der Waals surface area contributed by atoms with Crippen molar-refractivity contribution in [2.75, 3.05) is 11.8 Å². The predicted molar refractivity (Wildman–Crippen MR) is 134 cm³/mol. The van der Waals surface area contributed by atoms with E-state index in [0.29, 0.717) is 39.6 Å². The first-order chi connectivity index (χ1) is 16.9. The standard InChI is InChI=1S/C26H25N3O5S/c1-18-23(16-27-25(30)21-13-7-9-15-24(21)33-2)28-26(34-18)20-12-6-8-14-22(20)29-35(31,32)17-19-10-4-3-5-11-19/h3-15,29H,16-17H2,1-2H3,(H,27,30). The summed E-state index contributed by atoms with van der Waals surface area (Å²) in [5.74, 6) is 0.775. The van der Waals surface area contributed by atoms with Gasteiger partial charge in [0.15, 0.2) is 0 Å². The van der Waals surface area contributed by atoms with Crippen molar-refractivity contribution in [2.45, 2.75) is 19.2 Å². The van der Waals surface area contributed by atoms with Crippen molar-refractivity contribution in [1.29, 1.82) is 0 Å². The highest BCUT2D eigenvalue weighted by molar-refractivity contribution is 7.91. The third-order valence-corrected chi connectivity index (χ3v) is 6.53. The van der Waals surface area contributed by atoms with Crippen LogP contribution in [0, 0.1) is 6.92 Å². The summed E-state index contributed by atoms with van der Waals surface area (Å²) < 4.78 is 39.3. The van der Waals surface area contributed by atoms with Gasteiger partial charge in [-0.05, 0) is 36.8 Å². The van der Waals surface area contributed by atoms with E-state index >= 15 is 0 Å². The lowest BCUT2D eigenvalue weighted by Crippen LogP contribution is -2.23. The highest BCUT2D eigenvalue weighted by Crippen LogP contribution is 2.30. The maximum atomic E-state index is 12.8. The zero-order chi connectivity index (χ0) is 24.8. The molecule has 0 unspecified atom stereocenters. The van der Waals surface area contributed by atoms with E-state index in [1.165, 1.54) is 7.11 Å². The topological polar surface area (TPSA) is 111 Å². The minimum absolute atomic E-state index is 0.133. The number of oxazole rings is 1. The van der Waals surface area contributed by atoms with Gasteiger partial charge in [0.2, 0.25) is 15.9 Å². The SMILES string of the molecule is COc1ccccc1C(=O)NCc1nc(-c2ccccc2NS(=O)(=O)Cc2ccccc2)oc1C. The molecule has 0 aliphatic carbocycles. The third kappa shape index (κ3) is 5.88. The number of methoxy groups -OCH3 is 1. The molecule has 180 valence electrons. The van der Waals surface area contributed by atoms with Crippen LogP contribution >= 0.6 is 0 Å². The Kier molecular flexibility index (Phi) is 7.17. The number of benzene rings is 3. The van der Waals surface area contributed by atoms with Crippen LogP contribution in [-0.4, -0.2) is 26.4 Å². The van der Waals surface area contributed by atoms with Crippen LogP contribution in [-0.2, 0) is 22.3 Å². The van der Waals surface area contributed by atoms with Gasteiger partial charge in [-0.1, -0.05) is 54.6 Å². The molecule has 0 aliphatic rings. The fraction of sp³-hybridized carbons (Fsp3) is 0.154. The first-order valence-corrected chi connectivity index (χ1v) is 12.5. The summed E-state index contributed by atoms with van der Waals surface area (Å²) in [6.45, 7) is 1.87. The number of amides is 1. The van der Waals surface area contributed by atoms with Crippen LogP contribution in [0.3, 0.4) is 0 Å². The minimum Gasteiger partial charge on any atom is -0.496 e. The number of sulfonamides is 1. The molecule has 0 fully saturated rings. The summed E-state index contributed by atoms with van der Waals surface area (Å²) in [6.07, 6.45) is 0. The van der Waals surface area contributed by atoms with Crippen molar-refractivity contribution >= 4 is 21.6 Å². The number of carbonyl (C=O) groups excluding carboxylic acids is 1. The molecule has 0 saturated heterocycles. The Hall–Kier alpha value is -4.11. The maximum Gasteiger partial charge on any atom is 0.255 e. The second-order valence-corrected chi connectivity index (χ2v) is 9.52. The number of nitrogens with one attached hydrogen (secondary N) is 2. The number of anilines is 1. The van der Waals surface area contributed by atoms with E-state index in [1.807, 2.05) is 6.07 Å². The number of aromatic nitrogens is 1. The van der Waals surface area contributed by atoms with Crippen LogP contribution in [0.1, 0.15) is 27.4 Å². The normalized spacial score (nSPS) is 11.1. The van der Waals surface area contributed by atoms with Crippen molar-refractivity contribution in [1.82, 2.24) is 10.3 Å². The zero-order valence-electron chi connectivity index (χ0n) is 19.3. The van der Waals surface area contributed by atoms with Gasteiger partial charge in [-0.3, -0.25) is 9.52 Å². The van der Waals surface area contributed by atoms with Crippen LogP contribution in [0.15, 0.2) is 83.3 Å². The second-order valence-electron chi connectivity index (χ2n) is 7.80. The Bertz CT molecular complexity index is 1430. The third-order valence-electron chi connectivity index (χ3n) is 5.28. The average molecular weight is 492 g/mol. The van der Waals surface area contributed by atoms with E-state index in [4.69, 9.17) is 9.15 Å². The van der Waals surface area contributed by atoms with E-state index < -0.39 is 10.0 Å². The summed E-state index contributed by atoms with van der Waals surface area (Å²) in [5.41, 5.74) is 2.47. The van der Waals surface area contributed by atoms with Crippen LogP contribution < -0.4 is 14.8 Å². The number of aryl methyl sites for hydroxylation is 1. The molecule has 3 aromatic carbocycles. The lowest BCUT2D eigenvalue weighted by Gasteiger charge is -2.11. The Labute approximate surface area is 204 Å². The number of hydrogen-bond donors (Lipinski definition) is 2. The fourth-order valence-electron chi connectivity index (χ4n) is 3.55. The number of rotatable bonds is 9. The molecule has 1 amide bonds. The molecular formula is C26H25N3O5S. The fourth-order valence-corrected chi connectivity index (χ4v) is 4.77. The number of carbonyl (C=O) groups is 1. The maximum absolute atomic E-state index is 12.8. The molecule has 0 radical (unpaired) electrons. The molecule has 4 rings (SSSR count). The minimum atomic E-state index is -3.67. The average Bonchev–Trinajstić information content (AvgIpc) is 3.23. The molecule has 0 bridgehead atoms. The summed E-state index contributed by atoms with van der Waals surface area (Å²) in [5, 5.41) is 2.82. The lowest BCUT2D eigenvalue weighted by atomic mass is 10.2. The molecule has 35 heavy (non-hydrogen) atoms. The van der Waals surface area contributed by atoms with Crippen LogP contribution in [0.4, 0.5) is 5.69 Å². The van der Waals surface area contributed by atoms with Crippen molar-refractivity contribution in [3.05, 3.63) is 101 Å². The summed E-state index contributed by atoms with van der Waals surface area (Å²) in [4.78, 5) is 17.1. The highest BCUT2D eigenvalue weighted by Gasteiger charge is 2.19. The molecule has 1 aromatic heterocycles. The van der Waals surface area contributed by atoms with Crippen LogP contribution in [0.25, 0.3) is 11.5 Å². The number of para-hydroxylation sites is 2. The summed E-state index contributed by atoms with van der Waals surface area (Å²) >= 11 is 0. The Morgan fingerprint density at radius 3 is 2.43 bits per heavy atom. The van der Waals surface area contributed by atoms with E-state index in [9.17, 15) is 13.2 Å². The van der Waals surface area contributed by atoms with Gasteiger partial charge in [0.1, 0.15) is 17.2 Å². The largest absolute Gasteiger partial charge is 0.496 e. The van der Waals surface area contributed by atoms with Gasteiger partial charge < -0.3 is 14.5 Å². The molecule has 9 heteroatoms. The van der Waals surface area contributed by atoms with Crippen molar-refractivity contribution in [3.63, 3.8) is 0 Å². The summed E-state index contributed by atoms with van der Waals surface area (Å²) in [6, 6.07) is 22.7. The smallest absolute Gasteiger partial charge is 0.255 e. The van der Waals surface area contributed by atoms with Crippen molar-refractivity contribution < 1.29 is 22.4 Å². The van der Waals surface area contributed by atoms with Gasteiger partial charge in [-0.2, -0.15) is 0 Å². The van der Waals surface area contributed by atoms with E-state index in [-0.39, 0.29) is 24.1 Å². The highest BCUT2D eigenvalue weighted by atomic mass is 32.2. The quantitative estimate of drug-likeness (QED) is 0.356. The van der Waals surface area contributed by atoms with Crippen molar-refractivity contribution in [2.24, 2.45) is 0 Å². The van der Waals surface area contributed by atoms with Gasteiger partial charge in [0, 0.05) is 0 Å². The molecule has 0 saturated carbocycles. The van der Waals surface area contributed by atoms with Gasteiger partial charge in [-0.15, -0.1) is 0 Å². The Morgan fingerprint density at radius 1 is 0.971 bits per heavy atom. The molecular weight excluding hydrogens is 466 g/mol. The number of nitrogens with zero attached hydrogens (tertiary/aromatic N) is 1. The Balaban J connectivity index is 1.51. The van der Waals surface area contributed by atoms with Gasteiger partial charge in [-0.25, -0.2) is 13.4 Å². The van der Waals surface area contributed by atoms with Gasteiger partial charge in [0.25, 0.3) is 5.91 Å². The van der Waals surface area contributed by atoms with Crippen LogP contribution in [0.5, 0.6) is 5.75 Å². The van der Waals surface area contributed by atoms with Gasteiger partial charge in [0.05, 0.1) is 36.2 Å². The van der Waals surface area contributed by atoms with Crippen molar-refractivity contribution in [3.8, 4) is 17.2 Å². The lowest BCUT2D eigenvalue weighted by molar-refractivity contribution is 0.0947. The monoisotopic (exact) mass is 491 g/mol.